The molecule has 2 aromatic carbocycles. The van der Waals surface area contributed by atoms with E-state index in [0.29, 0.717) is 5.56 Å². The number of aryl methyl sites for hydroxylation is 3. The van der Waals surface area contributed by atoms with Gasteiger partial charge in [0.05, 0.1) is 5.56 Å². The number of ether oxygens (including phenoxy) is 1. The van der Waals surface area contributed by atoms with Crippen molar-refractivity contribution in [3.05, 3.63) is 64.2 Å². The number of esters is 1. The first-order valence-corrected chi connectivity index (χ1v) is 10.2. The van der Waals surface area contributed by atoms with Crippen LogP contribution in [0.2, 0.25) is 0 Å². The van der Waals surface area contributed by atoms with Gasteiger partial charge in [-0.1, -0.05) is 29.8 Å². The van der Waals surface area contributed by atoms with Crippen molar-refractivity contribution in [2.75, 3.05) is 18.4 Å². The number of thiocarbonyl (C=S) groups is 1. The molecule has 2 aromatic rings. The normalized spacial score (nSPS) is 13.9. The maximum Gasteiger partial charge on any atom is 0.338 e. The van der Waals surface area contributed by atoms with Crippen molar-refractivity contribution in [2.45, 2.75) is 46.6 Å². The average Bonchev–Trinajstić information content (AvgIpc) is 2.70. The lowest BCUT2D eigenvalue weighted by atomic mass is 10.0. The van der Waals surface area contributed by atoms with Crippen molar-refractivity contribution in [1.82, 2.24) is 4.90 Å². The minimum absolute atomic E-state index is 0.274. The standard InChI is InChI=1S/C23H28N2O2S/c1-16-7-9-19(10-8-16)15-27-22(26)20-13-18(3)21(14-17(20)2)24-23(28)25-11-5-4-6-12-25/h7-10,13-14H,4-6,11-12,15H2,1-3H3,(H,24,28). The van der Waals surface area contributed by atoms with Gasteiger partial charge < -0.3 is 15.0 Å². The number of nitrogens with zero attached hydrogens (tertiary/aromatic N) is 1. The lowest BCUT2D eigenvalue weighted by Gasteiger charge is -2.29. The molecule has 0 atom stereocenters. The topological polar surface area (TPSA) is 41.6 Å². The molecule has 1 fully saturated rings. The summed E-state index contributed by atoms with van der Waals surface area (Å²) in [5.74, 6) is -0.300. The highest BCUT2D eigenvalue weighted by Crippen LogP contribution is 2.23. The molecule has 5 heteroatoms. The zero-order chi connectivity index (χ0) is 20.1. The number of benzene rings is 2. The molecule has 1 aliphatic rings. The van der Waals surface area contributed by atoms with Crippen LogP contribution in [0.25, 0.3) is 0 Å². The molecule has 148 valence electrons. The molecule has 0 aromatic heterocycles. The Hall–Kier alpha value is -2.40. The van der Waals surface area contributed by atoms with E-state index in [-0.39, 0.29) is 12.6 Å². The Balaban J connectivity index is 1.65. The number of piperidine rings is 1. The van der Waals surface area contributed by atoms with Crippen molar-refractivity contribution >= 4 is 29.0 Å². The smallest absolute Gasteiger partial charge is 0.338 e. The van der Waals surface area contributed by atoms with Gasteiger partial charge in [0.25, 0.3) is 0 Å². The first kappa shape index (κ1) is 20.3. The van der Waals surface area contributed by atoms with E-state index >= 15 is 0 Å². The highest BCUT2D eigenvalue weighted by molar-refractivity contribution is 7.80. The fourth-order valence-electron chi connectivity index (χ4n) is 3.37. The third-order valence-electron chi connectivity index (χ3n) is 5.17. The summed E-state index contributed by atoms with van der Waals surface area (Å²) in [4.78, 5) is 14.8. The lowest BCUT2D eigenvalue weighted by Crippen LogP contribution is -2.38. The molecule has 4 nitrogen and oxygen atoms in total. The Morgan fingerprint density at radius 2 is 1.71 bits per heavy atom. The van der Waals surface area contributed by atoms with Gasteiger partial charge in [0.15, 0.2) is 5.11 Å². The van der Waals surface area contributed by atoms with Crippen LogP contribution in [0.5, 0.6) is 0 Å². The molecule has 1 aliphatic heterocycles. The van der Waals surface area contributed by atoms with Crippen molar-refractivity contribution in [2.24, 2.45) is 0 Å². The van der Waals surface area contributed by atoms with E-state index in [1.165, 1.54) is 24.8 Å². The van der Waals surface area contributed by atoms with Gasteiger partial charge in [-0.05, 0) is 81.1 Å². The first-order chi connectivity index (χ1) is 13.4. The highest BCUT2D eigenvalue weighted by Gasteiger charge is 2.17. The van der Waals surface area contributed by atoms with Crippen molar-refractivity contribution in [3.63, 3.8) is 0 Å². The van der Waals surface area contributed by atoms with Gasteiger partial charge in [0.1, 0.15) is 6.61 Å². The van der Waals surface area contributed by atoms with E-state index < -0.39 is 0 Å². The van der Waals surface area contributed by atoms with Crippen LogP contribution in [0.1, 0.15) is 51.9 Å². The molecule has 1 heterocycles. The maximum atomic E-state index is 12.6. The molecule has 0 saturated carbocycles. The Morgan fingerprint density at radius 1 is 1.04 bits per heavy atom. The quantitative estimate of drug-likeness (QED) is 0.572. The molecule has 28 heavy (non-hydrogen) atoms. The molecule has 0 unspecified atom stereocenters. The molecule has 1 N–H and O–H groups in total. The number of rotatable bonds is 4. The monoisotopic (exact) mass is 396 g/mol. The van der Waals surface area contributed by atoms with Gasteiger partial charge in [-0.15, -0.1) is 0 Å². The van der Waals surface area contributed by atoms with Crippen LogP contribution in [0, 0.1) is 20.8 Å². The number of carbonyl (C=O) groups is 1. The molecule has 0 amide bonds. The third kappa shape index (κ3) is 5.10. The van der Waals surface area contributed by atoms with E-state index in [2.05, 4.69) is 10.2 Å². The van der Waals surface area contributed by atoms with E-state index in [1.54, 1.807) is 0 Å². The fraction of sp³-hybridized carbons (Fsp3) is 0.391. The summed E-state index contributed by atoms with van der Waals surface area (Å²) in [6.45, 7) is 8.24. The van der Waals surface area contributed by atoms with Crippen LogP contribution in [-0.2, 0) is 11.3 Å². The van der Waals surface area contributed by atoms with Gasteiger partial charge in [-0.25, -0.2) is 4.79 Å². The van der Waals surface area contributed by atoms with Gasteiger partial charge >= 0.3 is 5.97 Å². The summed E-state index contributed by atoms with van der Waals surface area (Å²) >= 11 is 5.57. The second kappa shape index (κ2) is 9.20. The van der Waals surface area contributed by atoms with Gasteiger partial charge in [-0.2, -0.15) is 0 Å². The summed E-state index contributed by atoms with van der Waals surface area (Å²) in [7, 11) is 0. The minimum atomic E-state index is -0.300. The van der Waals surface area contributed by atoms with Crippen LogP contribution in [0.4, 0.5) is 5.69 Å². The van der Waals surface area contributed by atoms with E-state index in [4.69, 9.17) is 17.0 Å². The number of nitrogens with one attached hydrogen (secondary N) is 1. The van der Waals surface area contributed by atoms with Gasteiger partial charge in [0.2, 0.25) is 0 Å². The second-order valence-electron chi connectivity index (χ2n) is 7.52. The van der Waals surface area contributed by atoms with Crippen molar-refractivity contribution < 1.29 is 9.53 Å². The predicted molar refractivity (Wildman–Crippen MR) is 118 cm³/mol. The van der Waals surface area contributed by atoms with Crippen molar-refractivity contribution in [1.29, 1.82) is 0 Å². The summed E-state index contributed by atoms with van der Waals surface area (Å²) in [5.41, 5.74) is 5.57. The molecular formula is C23H28N2O2S. The Bertz CT molecular complexity index is 856. The van der Waals surface area contributed by atoms with E-state index in [9.17, 15) is 4.79 Å². The third-order valence-corrected chi connectivity index (χ3v) is 5.53. The van der Waals surface area contributed by atoms with Crippen molar-refractivity contribution in [3.8, 4) is 0 Å². The second-order valence-corrected chi connectivity index (χ2v) is 7.91. The highest BCUT2D eigenvalue weighted by atomic mass is 32.1. The predicted octanol–water partition coefficient (Wildman–Crippen LogP) is 5.15. The molecule has 3 rings (SSSR count). The van der Waals surface area contributed by atoms with Crippen LogP contribution < -0.4 is 5.32 Å². The number of anilines is 1. The molecule has 0 radical (unpaired) electrons. The average molecular weight is 397 g/mol. The lowest BCUT2D eigenvalue weighted by molar-refractivity contribution is 0.0472. The zero-order valence-corrected chi connectivity index (χ0v) is 17.7. The SMILES string of the molecule is Cc1ccc(COC(=O)c2cc(C)c(NC(=S)N3CCCCC3)cc2C)cc1. The van der Waals surface area contributed by atoms with E-state index in [1.807, 2.05) is 57.2 Å². The number of carbonyl (C=O) groups excluding carboxylic acids is 1. The number of hydrogen-bond acceptors (Lipinski definition) is 3. The fourth-order valence-corrected chi connectivity index (χ4v) is 3.67. The van der Waals surface area contributed by atoms with E-state index in [0.717, 1.165) is 40.6 Å². The molecule has 1 saturated heterocycles. The summed E-state index contributed by atoms with van der Waals surface area (Å²) in [6, 6.07) is 11.9. The number of hydrogen-bond donors (Lipinski definition) is 1. The summed E-state index contributed by atoms with van der Waals surface area (Å²) < 4.78 is 5.51. The molecule has 0 aliphatic carbocycles. The van der Waals surface area contributed by atoms with Gasteiger partial charge in [-0.3, -0.25) is 0 Å². The first-order valence-electron chi connectivity index (χ1n) is 9.84. The van der Waals surface area contributed by atoms with Crippen LogP contribution in [-0.4, -0.2) is 29.1 Å². The summed E-state index contributed by atoms with van der Waals surface area (Å²) in [6.07, 6.45) is 3.65. The number of likely N-dealkylation sites (tertiary alicyclic amines) is 1. The van der Waals surface area contributed by atoms with Crippen LogP contribution in [0.3, 0.4) is 0 Å². The maximum absolute atomic E-state index is 12.6. The van der Waals surface area contributed by atoms with Gasteiger partial charge in [0, 0.05) is 18.8 Å². The Morgan fingerprint density at radius 3 is 2.39 bits per heavy atom. The molecule has 0 bridgehead atoms. The summed E-state index contributed by atoms with van der Waals surface area (Å²) in [5, 5.41) is 4.12. The zero-order valence-electron chi connectivity index (χ0n) is 16.9. The van der Waals surface area contributed by atoms with Crippen LogP contribution >= 0.6 is 12.2 Å². The minimum Gasteiger partial charge on any atom is -0.457 e. The largest absolute Gasteiger partial charge is 0.457 e. The molecular weight excluding hydrogens is 368 g/mol. The Labute approximate surface area is 172 Å². The molecule has 0 spiro atoms. The Kier molecular flexibility index (Phi) is 6.68. The van der Waals surface area contributed by atoms with Crippen LogP contribution in [0.15, 0.2) is 36.4 Å².